The van der Waals surface area contributed by atoms with Crippen LogP contribution >= 0.6 is 0 Å². The molecule has 1 spiro atoms. The number of carbonyl (C=O) groups is 1. The molecular weight excluding hydrogens is 396 g/mol. The maximum absolute atomic E-state index is 13.1. The van der Waals surface area contributed by atoms with Gasteiger partial charge in [0.25, 0.3) is 0 Å². The van der Waals surface area contributed by atoms with Crippen LogP contribution in [0.3, 0.4) is 0 Å². The van der Waals surface area contributed by atoms with Crippen molar-refractivity contribution in [2.24, 2.45) is 0 Å². The Labute approximate surface area is 192 Å². The van der Waals surface area contributed by atoms with Gasteiger partial charge in [-0.05, 0) is 70.3 Å². The molecule has 5 rings (SSSR count). The van der Waals surface area contributed by atoms with Crippen molar-refractivity contribution in [2.75, 3.05) is 38.6 Å². The number of benzene rings is 2. The zero-order valence-corrected chi connectivity index (χ0v) is 19.5. The third-order valence-corrected chi connectivity index (χ3v) is 8.33. The van der Waals surface area contributed by atoms with Crippen molar-refractivity contribution in [1.29, 1.82) is 0 Å². The molecule has 0 bridgehead atoms. The highest BCUT2D eigenvalue weighted by Crippen LogP contribution is 2.46. The molecular formula is C27H36N4O. The summed E-state index contributed by atoms with van der Waals surface area (Å²) in [6.45, 7) is 2.90. The lowest BCUT2D eigenvalue weighted by Crippen LogP contribution is -2.54. The first kappa shape index (κ1) is 21.3. The van der Waals surface area contributed by atoms with E-state index in [1.54, 1.807) is 0 Å². The number of rotatable bonds is 4. The first-order chi connectivity index (χ1) is 15.5. The Bertz CT molecular complexity index is 913. The van der Waals surface area contributed by atoms with Crippen LogP contribution in [0.4, 0.5) is 10.5 Å². The molecule has 2 aromatic rings. The normalized spacial score (nSPS) is 29.0. The summed E-state index contributed by atoms with van der Waals surface area (Å²) in [5.41, 5.74) is 2.68. The summed E-state index contributed by atoms with van der Waals surface area (Å²) in [5, 5.41) is 3.44. The lowest BCUT2D eigenvalue weighted by atomic mass is 9.69. The number of hydrogen-bond acceptors (Lipinski definition) is 3. The van der Waals surface area contributed by atoms with E-state index in [0.29, 0.717) is 6.04 Å². The molecule has 0 unspecified atom stereocenters. The van der Waals surface area contributed by atoms with Gasteiger partial charge in [-0.15, -0.1) is 0 Å². The van der Waals surface area contributed by atoms with Crippen LogP contribution in [-0.4, -0.2) is 61.1 Å². The molecule has 2 amide bonds. The van der Waals surface area contributed by atoms with E-state index in [0.717, 1.165) is 58.2 Å². The number of nitrogens with one attached hydrogen (secondary N) is 1. The van der Waals surface area contributed by atoms with Crippen LogP contribution in [0.15, 0.2) is 60.7 Å². The van der Waals surface area contributed by atoms with Gasteiger partial charge < -0.3 is 15.1 Å². The summed E-state index contributed by atoms with van der Waals surface area (Å²) in [4.78, 5) is 20.1. The highest BCUT2D eigenvalue weighted by Gasteiger charge is 2.51. The molecule has 32 heavy (non-hydrogen) atoms. The fourth-order valence-electron chi connectivity index (χ4n) is 6.27. The van der Waals surface area contributed by atoms with Crippen LogP contribution in [0.5, 0.6) is 0 Å². The average Bonchev–Trinajstić information content (AvgIpc) is 3.16. The molecule has 1 saturated carbocycles. The van der Waals surface area contributed by atoms with E-state index < -0.39 is 0 Å². The van der Waals surface area contributed by atoms with E-state index in [2.05, 4.69) is 94.8 Å². The summed E-state index contributed by atoms with van der Waals surface area (Å²) in [7, 11) is 4.40. The fraction of sp³-hybridized carbons (Fsp3) is 0.519. The Morgan fingerprint density at radius 2 is 1.47 bits per heavy atom. The number of piperidine rings is 1. The molecule has 5 nitrogen and oxygen atoms in total. The lowest BCUT2D eigenvalue weighted by molar-refractivity contribution is 0.0598. The van der Waals surface area contributed by atoms with Gasteiger partial charge in [0.15, 0.2) is 0 Å². The highest BCUT2D eigenvalue weighted by molar-refractivity contribution is 5.78. The second-order valence-electron chi connectivity index (χ2n) is 10.2. The van der Waals surface area contributed by atoms with Crippen LogP contribution in [0, 0.1) is 0 Å². The summed E-state index contributed by atoms with van der Waals surface area (Å²) < 4.78 is 0. The molecule has 5 heteroatoms. The first-order valence-electron chi connectivity index (χ1n) is 12.1. The molecule has 170 valence electrons. The van der Waals surface area contributed by atoms with Crippen molar-refractivity contribution in [3.8, 4) is 0 Å². The Morgan fingerprint density at radius 3 is 2.06 bits per heavy atom. The molecule has 0 atom stereocenters. The largest absolute Gasteiger partial charge is 0.371 e. The van der Waals surface area contributed by atoms with E-state index in [4.69, 9.17) is 0 Å². The van der Waals surface area contributed by atoms with Crippen LogP contribution in [-0.2, 0) is 5.54 Å². The Hall–Kier alpha value is -2.53. The number of para-hydroxylation sites is 1. The van der Waals surface area contributed by atoms with Crippen molar-refractivity contribution >= 4 is 11.7 Å². The van der Waals surface area contributed by atoms with Crippen LogP contribution in [0.25, 0.3) is 0 Å². The van der Waals surface area contributed by atoms with Gasteiger partial charge in [-0.1, -0.05) is 48.5 Å². The molecule has 0 aromatic heterocycles. The van der Waals surface area contributed by atoms with Crippen molar-refractivity contribution in [1.82, 2.24) is 15.1 Å². The van der Waals surface area contributed by atoms with Gasteiger partial charge in [-0.25, -0.2) is 4.79 Å². The van der Waals surface area contributed by atoms with Gasteiger partial charge in [-0.3, -0.25) is 4.90 Å². The van der Waals surface area contributed by atoms with E-state index in [-0.39, 0.29) is 17.1 Å². The molecule has 2 aromatic carbocycles. The summed E-state index contributed by atoms with van der Waals surface area (Å²) in [6.07, 6.45) is 6.31. The summed E-state index contributed by atoms with van der Waals surface area (Å²) in [5.74, 6) is 0. The van der Waals surface area contributed by atoms with Crippen LogP contribution in [0.2, 0.25) is 0 Å². The van der Waals surface area contributed by atoms with Crippen molar-refractivity contribution in [2.45, 2.75) is 55.6 Å². The predicted molar refractivity (Wildman–Crippen MR) is 130 cm³/mol. The number of hydrogen-bond donors (Lipinski definition) is 1. The topological polar surface area (TPSA) is 38.8 Å². The maximum Gasteiger partial charge on any atom is 0.318 e. The minimum atomic E-state index is -0.0675. The number of nitrogens with zero attached hydrogens (tertiary/aromatic N) is 3. The van der Waals surface area contributed by atoms with Gasteiger partial charge >= 0.3 is 6.03 Å². The minimum Gasteiger partial charge on any atom is -0.371 e. The second kappa shape index (κ2) is 8.43. The van der Waals surface area contributed by atoms with Crippen molar-refractivity contribution < 1.29 is 4.79 Å². The summed E-state index contributed by atoms with van der Waals surface area (Å²) >= 11 is 0. The maximum atomic E-state index is 13.1. The van der Waals surface area contributed by atoms with E-state index in [9.17, 15) is 4.79 Å². The molecule has 1 N–H and O–H groups in total. The average molecular weight is 433 g/mol. The summed E-state index contributed by atoms with van der Waals surface area (Å²) in [6, 6.07) is 22.0. The van der Waals surface area contributed by atoms with Crippen LogP contribution < -0.4 is 10.2 Å². The van der Waals surface area contributed by atoms with Gasteiger partial charge in [0.05, 0.1) is 5.54 Å². The number of urea groups is 1. The zero-order chi connectivity index (χ0) is 22.2. The molecule has 2 saturated heterocycles. The Kier molecular flexibility index (Phi) is 5.62. The quantitative estimate of drug-likeness (QED) is 0.776. The molecule has 3 fully saturated rings. The predicted octanol–water partition coefficient (Wildman–Crippen LogP) is 4.45. The van der Waals surface area contributed by atoms with Gasteiger partial charge in [0.1, 0.15) is 0 Å². The zero-order valence-electron chi connectivity index (χ0n) is 19.5. The number of anilines is 1. The second-order valence-corrected chi connectivity index (χ2v) is 10.2. The lowest BCUT2D eigenvalue weighted by Gasteiger charge is -2.49. The molecule has 1 aliphatic carbocycles. The van der Waals surface area contributed by atoms with E-state index >= 15 is 0 Å². The third kappa shape index (κ3) is 3.77. The third-order valence-electron chi connectivity index (χ3n) is 8.33. The van der Waals surface area contributed by atoms with E-state index in [1.807, 2.05) is 0 Å². The Morgan fingerprint density at radius 1 is 0.875 bits per heavy atom. The van der Waals surface area contributed by atoms with Gasteiger partial charge in [0.2, 0.25) is 0 Å². The van der Waals surface area contributed by atoms with Gasteiger partial charge in [-0.2, -0.15) is 0 Å². The standard InChI is InChI=1S/C27H36N4O/c1-29(2)27(22-9-5-3-6-10-22)17-15-26(16-18-27)21-31(25(32)28-26)24-13-19-30(20-14-24)23-11-7-4-8-12-23/h3-12,24H,13-21H2,1-2H3,(H,28,32)/t26-,27+. The molecule has 2 heterocycles. The van der Waals surface area contributed by atoms with Crippen molar-refractivity contribution in [3.63, 3.8) is 0 Å². The molecule has 3 aliphatic rings. The van der Waals surface area contributed by atoms with Crippen molar-refractivity contribution in [3.05, 3.63) is 66.2 Å². The Balaban J connectivity index is 1.24. The highest BCUT2D eigenvalue weighted by atomic mass is 16.2. The smallest absolute Gasteiger partial charge is 0.318 e. The fourth-order valence-corrected chi connectivity index (χ4v) is 6.27. The monoisotopic (exact) mass is 432 g/mol. The number of amides is 2. The molecule has 0 radical (unpaired) electrons. The first-order valence-corrected chi connectivity index (χ1v) is 12.1. The van der Waals surface area contributed by atoms with E-state index in [1.165, 1.54) is 11.3 Å². The minimum absolute atomic E-state index is 0.0612. The molecule has 2 aliphatic heterocycles. The van der Waals surface area contributed by atoms with Crippen LogP contribution in [0.1, 0.15) is 44.1 Å². The SMILES string of the molecule is CN(C)[C@]1(c2ccccc2)CC[C@]2(CC1)CN(C1CCN(c3ccccc3)CC1)C(=O)N2. The van der Waals surface area contributed by atoms with Gasteiger partial charge in [0, 0.05) is 36.9 Å². The number of carbonyl (C=O) groups excluding carboxylic acids is 1.